The van der Waals surface area contributed by atoms with E-state index in [9.17, 15) is 4.79 Å². The van der Waals surface area contributed by atoms with E-state index in [2.05, 4.69) is 26.1 Å². The zero-order valence-corrected chi connectivity index (χ0v) is 11.3. The summed E-state index contributed by atoms with van der Waals surface area (Å²) >= 11 is 0. The lowest BCUT2D eigenvalue weighted by atomic mass is 9.83. The average Bonchev–Trinajstić information content (AvgIpc) is 2.29. The van der Waals surface area contributed by atoms with Crippen LogP contribution in [0.25, 0.3) is 0 Å². The number of nitrogens with one attached hydrogen (secondary N) is 1. The molecule has 1 aliphatic heterocycles. The van der Waals surface area contributed by atoms with E-state index in [1.807, 2.05) is 0 Å². The smallest absolute Gasteiger partial charge is 0.237 e. The molecule has 1 aliphatic rings. The maximum Gasteiger partial charge on any atom is 0.237 e. The fourth-order valence-corrected chi connectivity index (χ4v) is 2.46. The van der Waals surface area contributed by atoms with E-state index in [1.54, 1.807) is 0 Å². The van der Waals surface area contributed by atoms with Crippen molar-refractivity contribution < 1.29 is 9.53 Å². The molecule has 0 bridgehead atoms. The quantitative estimate of drug-likeness (QED) is 0.743. The Labute approximate surface area is 104 Å². The number of ether oxygens (including phenoxy) is 1. The first-order valence-electron chi connectivity index (χ1n) is 6.73. The topological polar surface area (TPSA) is 64.3 Å². The molecule has 0 aromatic heterocycles. The maximum absolute atomic E-state index is 11.8. The molecular formula is C13H26N2O2. The molecule has 4 heteroatoms. The minimum Gasteiger partial charge on any atom is -0.378 e. The Hall–Kier alpha value is -0.610. The van der Waals surface area contributed by atoms with Crippen molar-refractivity contribution in [3.05, 3.63) is 0 Å². The van der Waals surface area contributed by atoms with Crippen molar-refractivity contribution in [1.29, 1.82) is 0 Å². The molecule has 0 spiro atoms. The summed E-state index contributed by atoms with van der Waals surface area (Å²) in [5.74, 6) is -0.234. The Balaban J connectivity index is 2.72. The van der Waals surface area contributed by atoms with Gasteiger partial charge in [0.1, 0.15) is 5.54 Å². The van der Waals surface area contributed by atoms with Crippen LogP contribution in [0.15, 0.2) is 0 Å². The predicted molar refractivity (Wildman–Crippen MR) is 68.7 cm³/mol. The number of rotatable bonds is 6. The second kappa shape index (κ2) is 6.36. The van der Waals surface area contributed by atoms with Crippen molar-refractivity contribution in [1.82, 2.24) is 5.32 Å². The molecule has 3 N–H and O–H groups in total. The monoisotopic (exact) mass is 242 g/mol. The van der Waals surface area contributed by atoms with Crippen molar-refractivity contribution >= 4 is 5.91 Å². The summed E-state index contributed by atoms with van der Waals surface area (Å²) in [5.41, 5.74) is 5.04. The third-order valence-corrected chi connectivity index (χ3v) is 3.68. The predicted octanol–water partition coefficient (Wildman–Crippen LogP) is 1.58. The summed E-state index contributed by atoms with van der Waals surface area (Å²) in [4.78, 5) is 11.8. The van der Waals surface area contributed by atoms with E-state index in [1.165, 1.54) is 0 Å². The summed E-state index contributed by atoms with van der Waals surface area (Å²) in [6.45, 7) is 6.95. The van der Waals surface area contributed by atoms with Gasteiger partial charge in [-0.15, -0.1) is 0 Å². The van der Waals surface area contributed by atoms with Crippen LogP contribution in [0, 0.1) is 0 Å². The van der Waals surface area contributed by atoms with Crippen LogP contribution >= 0.6 is 0 Å². The van der Waals surface area contributed by atoms with Gasteiger partial charge in [-0.2, -0.15) is 0 Å². The van der Waals surface area contributed by atoms with E-state index in [0.29, 0.717) is 25.5 Å². The molecule has 0 radical (unpaired) electrons. The minimum atomic E-state index is -0.562. The Bertz CT molecular complexity index is 256. The number of carbonyl (C=O) groups excluding carboxylic acids is 1. The van der Waals surface area contributed by atoms with Gasteiger partial charge in [-0.25, -0.2) is 0 Å². The van der Waals surface area contributed by atoms with Crippen LogP contribution in [0.5, 0.6) is 0 Å². The molecule has 1 saturated heterocycles. The van der Waals surface area contributed by atoms with Crippen LogP contribution in [0.2, 0.25) is 0 Å². The number of nitrogens with two attached hydrogens (primary N) is 1. The molecular weight excluding hydrogens is 216 g/mol. The first-order chi connectivity index (χ1) is 8.04. The number of primary amides is 1. The van der Waals surface area contributed by atoms with E-state index in [4.69, 9.17) is 10.5 Å². The van der Waals surface area contributed by atoms with Crippen LogP contribution in [0.4, 0.5) is 0 Å². The number of hydrogen-bond donors (Lipinski definition) is 2. The normalized spacial score (nSPS) is 31.1. The molecule has 0 aliphatic carbocycles. The Morgan fingerprint density at radius 3 is 2.82 bits per heavy atom. The molecule has 4 nitrogen and oxygen atoms in total. The highest BCUT2D eigenvalue weighted by Gasteiger charge is 2.42. The number of hydrogen-bond acceptors (Lipinski definition) is 3. The Kier molecular flexibility index (Phi) is 5.40. The molecule has 3 unspecified atom stereocenters. The second-order valence-electron chi connectivity index (χ2n) is 5.14. The minimum absolute atomic E-state index is 0.165. The van der Waals surface area contributed by atoms with Crippen LogP contribution < -0.4 is 11.1 Å². The molecule has 1 heterocycles. The van der Waals surface area contributed by atoms with Crippen LogP contribution in [-0.2, 0) is 9.53 Å². The summed E-state index contributed by atoms with van der Waals surface area (Å²) < 4.78 is 5.69. The number of carbonyl (C=O) groups is 1. The zero-order chi connectivity index (χ0) is 12.9. The fourth-order valence-electron chi connectivity index (χ4n) is 2.46. The summed E-state index contributed by atoms with van der Waals surface area (Å²) in [7, 11) is 0. The first kappa shape index (κ1) is 14.5. The van der Waals surface area contributed by atoms with Gasteiger partial charge in [-0.3, -0.25) is 4.79 Å². The lowest BCUT2D eigenvalue weighted by Gasteiger charge is -2.41. The van der Waals surface area contributed by atoms with Crippen LogP contribution in [0.1, 0.15) is 52.9 Å². The molecule has 3 atom stereocenters. The van der Waals surface area contributed by atoms with Gasteiger partial charge in [0.25, 0.3) is 0 Å². The van der Waals surface area contributed by atoms with Gasteiger partial charge in [0.2, 0.25) is 5.91 Å². The van der Waals surface area contributed by atoms with Crippen molar-refractivity contribution in [3.8, 4) is 0 Å². The van der Waals surface area contributed by atoms with E-state index in [0.717, 1.165) is 19.3 Å². The van der Waals surface area contributed by atoms with Crippen LogP contribution in [0.3, 0.4) is 0 Å². The number of amides is 1. The molecule has 0 saturated carbocycles. The van der Waals surface area contributed by atoms with Gasteiger partial charge in [0.15, 0.2) is 0 Å². The van der Waals surface area contributed by atoms with Crippen molar-refractivity contribution in [2.75, 3.05) is 6.61 Å². The Morgan fingerprint density at radius 1 is 1.59 bits per heavy atom. The molecule has 0 aromatic carbocycles. The summed E-state index contributed by atoms with van der Waals surface area (Å²) in [5, 5.41) is 3.42. The van der Waals surface area contributed by atoms with Gasteiger partial charge in [0, 0.05) is 19.1 Å². The second-order valence-corrected chi connectivity index (χ2v) is 5.14. The Morgan fingerprint density at radius 2 is 2.29 bits per heavy atom. The van der Waals surface area contributed by atoms with Crippen molar-refractivity contribution in [3.63, 3.8) is 0 Å². The van der Waals surface area contributed by atoms with E-state index in [-0.39, 0.29) is 12.0 Å². The van der Waals surface area contributed by atoms with E-state index >= 15 is 0 Å². The van der Waals surface area contributed by atoms with Gasteiger partial charge < -0.3 is 15.8 Å². The largest absolute Gasteiger partial charge is 0.378 e. The third-order valence-electron chi connectivity index (χ3n) is 3.68. The molecule has 17 heavy (non-hydrogen) atoms. The van der Waals surface area contributed by atoms with Crippen LogP contribution in [-0.4, -0.2) is 30.2 Å². The van der Waals surface area contributed by atoms with Gasteiger partial charge >= 0.3 is 0 Å². The lowest BCUT2D eigenvalue weighted by Crippen LogP contribution is -2.62. The highest BCUT2D eigenvalue weighted by molar-refractivity contribution is 5.84. The maximum atomic E-state index is 11.8. The molecule has 1 rings (SSSR count). The highest BCUT2D eigenvalue weighted by Crippen LogP contribution is 2.27. The van der Waals surface area contributed by atoms with Gasteiger partial charge in [-0.1, -0.05) is 20.3 Å². The fraction of sp³-hybridized carbons (Fsp3) is 0.923. The average molecular weight is 242 g/mol. The highest BCUT2D eigenvalue weighted by atomic mass is 16.5. The molecule has 1 amide bonds. The zero-order valence-electron chi connectivity index (χ0n) is 11.3. The van der Waals surface area contributed by atoms with Crippen molar-refractivity contribution in [2.24, 2.45) is 5.73 Å². The molecule has 100 valence electrons. The summed E-state index contributed by atoms with van der Waals surface area (Å²) in [6, 6.07) is 0.308. The van der Waals surface area contributed by atoms with Crippen molar-refractivity contribution in [2.45, 2.75) is 70.6 Å². The van der Waals surface area contributed by atoms with E-state index < -0.39 is 5.54 Å². The van der Waals surface area contributed by atoms with Gasteiger partial charge in [0.05, 0.1) is 6.10 Å². The standard InChI is InChI=1S/C13H26N2O2/c1-4-6-11-9-13(12(14)16,7-8-17-11)15-10(3)5-2/h10-11,15H,4-9H2,1-3H3,(H2,14,16). The first-order valence-corrected chi connectivity index (χ1v) is 6.73. The van der Waals surface area contributed by atoms with Gasteiger partial charge in [-0.05, 0) is 26.2 Å². The summed E-state index contributed by atoms with van der Waals surface area (Å²) in [6.07, 6.45) is 4.62. The molecule has 0 aromatic rings. The lowest BCUT2D eigenvalue weighted by molar-refractivity contribution is -0.132. The SMILES string of the molecule is CCCC1CC(NC(C)CC)(C(N)=O)CCO1. The molecule has 1 fully saturated rings. The third kappa shape index (κ3) is 3.68.